The number of hydrogen-bond donors (Lipinski definition) is 1. The summed E-state index contributed by atoms with van der Waals surface area (Å²) in [7, 11) is 3.99. The van der Waals surface area contributed by atoms with Gasteiger partial charge in [0.05, 0.1) is 12.6 Å². The molecule has 0 aliphatic carbocycles. The molecule has 1 aromatic carbocycles. The van der Waals surface area contributed by atoms with Gasteiger partial charge in [0.15, 0.2) is 5.96 Å². The highest BCUT2D eigenvalue weighted by atomic mass is 16.5. The van der Waals surface area contributed by atoms with Crippen LogP contribution in [-0.4, -0.2) is 38.1 Å². The van der Waals surface area contributed by atoms with E-state index in [1.807, 2.05) is 38.1 Å². The van der Waals surface area contributed by atoms with Gasteiger partial charge in [-0.2, -0.15) is 0 Å². The minimum atomic E-state index is 0.205. The fourth-order valence-electron chi connectivity index (χ4n) is 1.86. The molecule has 0 saturated heterocycles. The van der Waals surface area contributed by atoms with Crippen LogP contribution in [0.1, 0.15) is 39.3 Å². The van der Waals surface area contributed by atoms with E-state index in [1.165, 1.54) is 5.56 Å². The van der Waals surface area contributed by atoms with E-state index in [-0.39, 0.29) is 6.04 Å². The predicted octanol–water partition coefficient (Wildman–Crippen LogP) is 3.31. The monoisotopic (exact) mass is 291 g/mol. The third-order valence-electron chi connectivity index (χ3n) is 3.04. The van der Waals surface area contributed by atoms with Gasteiger partial charge >= 0.3 is 0 Å². The third kappa shape index (κ3) is 6.06. The van der Waals surface area contributed by atoms with E-state index < -0.39 is 0 Å². The minimum Gasteiger partial charge on any atom is -0.493 e. The average Bonchev–Trinajstić information content (AvgIpc) is 2.45. The van der Waals surface area contributed by atoms with Crippen molar-refractivity contribution in [3.63, 3.8) is 0 Å². The van der Waals surface area contributed by atoms with E-state index in [9.17, 15) is 0 Å². The van der Waals surface area contributed by atoms with Crippen LogP contribution in [0, 0.1) is 5.92 Å². The maximum Gasteiger partial charge on any atom is 0.193 e. The Balaban J connectivity index is 2.66. The Kier molecular flexibility index (Phi) is 7.06. The van der Waals surface area contributed by atoms with Crippen molar-refractivity contribution in [3.05, 3.63) is 29.8 Å². The van der Waals surface area contributed by atoms with E-state index in [1.54, 1.807) is 0 Å². The van der Waals surface area contributed by atoms with E-state index in [2.05, 4.69) is 43.2 Å². The number of aliphatic imine (C=N–C) groups is 1. The van der Waals surface area contributed by atoms with Crippen LogP contribution in [0.25, 0.3) is 0 Å². The molecule has 0 amide bonds. The van der Waals surface area contributed by atoms with Crippen molar-refractivity contribution in [3.8, 4) is 5.75 Å². The Morgan fingerprint density at radius 1 is 1.19 bits per heavy atom. The highest BCUT2D eigenvalue weighted by Crippen LogP contribution is 2.18. The molecule has 1 rings (SSSR count). The first-order valence-electron chi connectivity index (χ1n) is 7.65. The molecule has 0 heterocycles. The van der Waals surface area contributed by atoms with Gasteiger partial charge in [-0.3, -0.25) is 4.99 Å². The van der Waals surface area contributed by atoms with E-state index >= 15 is 0 Å². The van der Waals surface area contributed by atoms with Crippen LogP contribution in [0.4, 0.5) is 0 Å². The molecule has 4 heteroatoms. The summed E-state index contributed by atoms with van der Waals surface area (Å²) >= 11 is 0. The number of rotatable bonds is 6. The molecule has 4 nitrogen and oxygen atoms in total. The van der Waals surface area contributed by atoms with Crippen molar-refractivity contribution in [2.75, 3.05) is 27.2 Å². The second-order valence-corrected chi connectivity index (χ2v) is 5.83. The maximum absolute atomic E-state index is 5.71. The first-order valence-corrected chi connectivity index (χ1v) is 7.65. The largest absolute Gasteiger partial charge is 0.493 e. The molecule has 1 N–H and O–H groups in total. The Bertz CT molecular complexity index is 438. The molecule has 21 heavy (non-hydrogen) atoms. The highest BCUT2D eigenvalue weighted by molar-refractivity contribution is 5.79. The molecule has 0 aliphatic heterocycles. The summed E-state index contributed by atoms with van der Waals surface area (Å²) in [5, 5.41) is 3.44. The molecule has 0 fully saturated rings. The van der Waals surface area contributed by atoms with Crippen molar-refractivity contribution >= 4 is 5.96 Å². The fraction of sp³-hybridized carbons (Fsp3) is 0.588. The zero-order chi connectivity index (χ0) is 15.8. The van der Waals surface area contributed by atoms with Gasteiger partial charge in [-0.05, 0) is 37.5 Å². The maximum atomic E-state index is 5.71. The summed E-state index contributed by atoms with van der Waals surface area (Å²) in [5.41, 5.74) is 1.22. The Hall–Kier alpha value is -1.71. The lowest BCUT2D eigenvalue weighted by atomic mass is 10.1. The topological polar surface area (TPSA) is 36.9 Å². The number of nitrogens with one attached hydrogen (secondary N) is 1. The van der Waals surface area contributed by atoms with Crippen LogP contribution in [0.15, 0.2) is 29.3 Å². The van der Waals surface area contributed by atoms with Crippen molar-refractivity contribution < 1.29 is 4.74 Å². The molecule has 0 aliphatic rings. The van der Waals surface area contributed by atoms with E-state index in [4.69, 9.17) is 4.74 Å². The molecule has 1 atom stereocenters. The van der Waals surface area contributed by atoms with E-state index in [0.717, 1.165) is 24.9 Å². The van der Waals surface area contributed by atoms with Gasteiger partial charge in [0.1, 0.15) is 5.75 Å². The smallest absolute Gasteiger partial charge is 0.193 e. The van der Waals surface area contributed by atoms with Crippen LogP contribution in [-0.2, 0) is 0 Å². The molecule has 0 saturated carbocycles. The second-order valence-electron chi connectivity index (χ2n) is 5.83. The molecule has 0 bridgehead atoms. The summed E-state index contributed by atoms with van der Waals surface area (Å²) in [6.07, 6.45) is 0. The Labute approximate surface area is 129 Å². The summed E-state index contributed by atoms with van der Waals surface area (Å²) in [6, 6.07) is 8.47. The molecule has 1 aromatic rings. The highest BCUT2D eigenvalue weighted by Gasteiger charge is 2.09. The van der Waals surface area contributed by atoms with Gasteiger partial charge in [0, 0.05) is 20.6 Å². The lowest BCUT2D eigenvalue weighted by Gasteiger charge is -2.22. The summed E-state index contributed by atoms with van der Waals surface area (Å²) in [6.45, 7) is 10.00. The third-order valence-corrected chi connectivity index (χ3v) is 3.04. The minimum absolute atomic E-state index is 0.205. The van der Waals surface area contributed by atoms with Gasteiger partial charge in [-0.1, -0.05) is 26.0 Å². The molecule has 118 valence electrons. The van der Waals surface area contributed by atoms with Gasteiger partial charge in [-0.25, -0.2) is 0 Å². The van der Waals surface area contributed by atoms with Gasteiger partial charge in [0.25, 0.3) is 0 Å². The second kappa shape index (κ2) is 8.55. The van der Waals surface area contributed by atoms with Crippen molar-refractivity contribution in [1.29, 1.82) is 0 Å². The van der Waals surface area contributed by atoms with Gasteiger partial charge in [-0.15, -0.1) is 0 Å². The van der Waals surface area contributed by atoms with Crippen LogP contribution in [0.2, 0.25) is 0 Å². The first kappa shape index (κ1) is 17.3. The zero-order valence-electron chi connectivity index (χ0n) is 14.2. The number of ether oxygens (including phenoxy) is 1. The number of nitrogens with zero attached hydrogens (tertiary/aromatic N) is 2. The van der Waals surface area contributed by atoms with Crippen LogP contribution >= 0.6 is 0 Å². The van der Waals surface area contributed by atoms with Crippen molar-refractivity contribution in [2.45, 2.75) is 33.7 Å². The predicted molar refractivity (Wildman–Crippen MR) is 90.0 cm³/mol. The van der Waals surface area contributed by atoms with E-state index in [0.29, 0.717) is 5.92 Å². The summed E-state index contributed by atoms with van der Waals surface area (Å²) in [5.74, 6) is 2.37. The molecule has 0 spiro atoms. The van der Waals surface area contributed by atoms with Crippen molar-refractivity contribution in [1.82, 2.24) is 10.2 Å². The normalized spacial score (nSPS) is 13.2. The lowest BCUT2D eigenvalue weighted by molar-refractivity contribution is 0.271. The zero-order valence-corrected chi connectivity index (χ0v) is 14.2. The molecule has 0 aromatic heterocycles. The Morgan fingerprint density at radius 2 is 1.81 bits per heavy atom. The summed E-state index contributed by atoms with van der Waals surface area (Å²) in [4.78, 5) is 6.46. The fourth-order valence-corrected chi connectivity index (χ4v) is 1.86. The van der Waals surface area contributed by atoms with Gasteiger partial charge in [0.2, 0.25) is 0 Å². The molecular formula is C17H29N3O. The summed E-state index contributed by atoms with van der Waals surface area (Å²) < 4.78 is 5.71. The molecular weight excluding hydrogens is 262 g/mol. The number of guanidine groups is 1. The van der Waals surface area contributed by atoms with Crippen LogP contribution in [0.5, 0.6) is 5.75 Å². The standard InChI is InChI=1S/C17H29N3O/c1-7-18-17(20(5)6)19-14(4)15-8-10-16(11-9-15)21-12-13(2)3/h8-11,13-14H,7,12H2,1-6H3,(H,18,19). The first-order chi connectivity index (χ1) is 9.93. The molecule has 0 radical (unpaired) electrons. The van der Waals surface area contributed by atoms with Crippen LogP contribution in [0.3, 0.4) is 0 Å². The van der Waals surface area contributed by atoms with Gasteiger partial charge < -0.3 is 15.0 Å². The number of benzene rings is 1. The average molecular weight is 291 g/mol. The lowest BCUT2D eigenvalue weighted by Crippen LogP contribution is -2.38. The Morgan fingerprint density at radius 3 is 2.29 bits per heavy atom. The SMILES string of the molecule is CCN=C(NC(C)c1ccc(OCC(C)C)cc1)N(C)C. The van der Waals surface area contributed by atoms with Crippen molar-refractivity contribution in [2.24, 2.45) is 10.9 Å². The molecule has 1 unspecified atom stereocenters. The van der Waals surface area contributed by atoms with Crippen LogP contribution < -0.4 is 10.1 Å². The number of hydrogen-bond acceptors (Lipinski definition) is 2. The quantitative estimate of drug-likeness (QED) is 0.645.